The summed E-state index contributed by atoms with van der Waals surface area (Å²) in [4.78, 5) is 0.261. The maximum atomic E-state index is 14.3. The van der Waals surface area contributed by atoms with Crippen LogP contribution < -0.4 is 14.2 Å². The highest BCUT2D eigenvalue weighted by molar-refractivity contribution is 7.89. The molecule has 196 valence electrons. The second-order valence-electron chi connectivity index (χ2n) is 9.36. The molecule has 0 saturated carbocycles. The van der Waals surface area contributed by atoms with Crippen molar-refractivity contribution in [2.45, 2.75) is 23.8 Å². The van der Waals surface area contributed by atoms with E-state index in [0.717, 1.165) is 27.8 Å². The summed E-state index contributed by atoms with van der Waals surface area (Å²) in [6, 6.07) is 27.9. The van der Waals surface area contributed by atoms with Crippen molar-refractivity contribution >= 4 is 10.0 Å². The van der Waals surface area contributed by atoms with E-state index in [2.05, 4.69) is 0 Å². The zero-order valence-corrected chi connectivity index (χ0v) is 22.7. The van der Waals surface area contributed by atoms with Crippen LogP contribution in [0.15, 0.2) is 95.9 Å². The lowest BCUT2D eigenvalue weighted by atomic mass is 9.80. The topological polar surface area (TPSA) is 65.1 Å². The van der Waals surface area contributed by atoms with Crippen LogP contribution in [0.5, 0.6) is 17.2 Å². The molecule has 0 bridgehead atoms. The third kappa shape index (κ3) is 4.64. The molecule has 0 aromatic heterocycles. The molecule has 0 spiro atoms. The van der Waals surface area contributed by atoms with Crippen molar-refractivity contribution in [1.29, 1.82) is 0 Å². The first-order chi connectivity index (χ1) is 18.4. The molecule has 2 atom stereocenters. The minimum absolute atomic E-state index is 0.208. The lowest BCUT2D eigenvalue weighted by Gasteiger charge is -2.41. The second-order valence-corrected chi connectivity index (χ2v) is 11.3. The van der Waals surface area contributed by atoms with E-state index in [0.29, 0.717) is 17.2 Å². The molecule has 0 unspecified atom stereocenters. The smallest absolute Gasteiger partial charge is 0.243 e. The zero-order valence-electron chi connectivity index (χ0n) is 21.9. The molecule has 38 heavy (non-hydrogen) atoms. The summed E-state index contributed by atoms with van der Waals surface area (Å²) >= 11 is 0. The Hall–Kier alpha value is -3.81. The maximum Gasteiger partial charge on any atom is 0.243 e. The molecular formula is C31H31NO5S. The summed E-state index contributed by atoms with van der Waals surface area (Å²) in [5.74, 6) is 1.65. The van der Waals surface area contributed by atoms with Crippen molar-refractivity contribution in [1.82, 2.24) is 4.31 Å². The number of hydrogen-bond donors (Lipinski definition) is 0. The number of fused-ring (bicyclic) bond motifs is 1. The number of rotatable bonds is 7. The van der Waals surface area contributed by atoms with Gasteiger partial charge in [0.25, 0.3) is 0 Å². The molecule has 0 saturated heterocycles. The Morgan fingerprint density at radius 2 is 1.32 bits per heavy atom. The van der Waals surface area contributed by atoms with Crippen LogP contribution in [0.25, 0.3) is 0 Å². The van der Waals surface area contributed by atoms with Gasteiger partial charge < -0.3 is 14.2 Å². The molecule has 0 radical (unpaired) electrons. The number of methoxy groups -OCH3 is 3. The van der Waals surface area contributed by atoms with Gasteiger partial charge in [0, 0.05) is 12.5 Å². The van der Waals surface area contributed by atoms with Crippen LogP contribution in [0.2, 0.25) is 0 Å². The number of benzene rings is 4. The summed E-state index contributed by atoms with van der Waals surface area (Å²) in [5.41, 5.74) is 4.71. The van der Waals surface area contributed by atoms with E-state index in [9.17, 15) is 8.42 Å². The average molecular weight is 530 g/mol. The zero-order chi connectivity index (χ0) is 26.9. The average Bonchev–Trinajstić information content (AvgIpc) is 2.96. The number of ether oxygens (including phenoxy) is 3. The minimum atomic E-state index is -3.88. The van der Waals surface area contributed by atoms with Crippen molar-refractivity contribution in [2.24, 2.45) is 0 Å². The van der Waals surface area contributed by atoms with Crippen LogP contribution in [0.1, 0.15) is 39.8 Å². The van der Waals surface area contributed by atoms with Crippen molar-refractivity contribution < 1.29 is 22.6 Å². The van der Waals surface area contributed by atoms with Gasteiger partial charge in [0.1, 0.15) is 5.75 Å². The highest BCUT2D eigenvalue weighted by Crippen LogP contribution is 2.48. The molecule has 0 fully saturated rings. The Morgan fingerprint density at radius 3 is 1.89 bits per heavy atom. The fourth-order valence-electron chi connectivity index (χ4n) is 5.17. The van der Waals surface area contributed by atoms with Crippen LogP contribution >= 0.6 is 0 Å². The first-order valence-electron chi connectivity index (χ1n) is 12.4. The van der Waals surface area contributed by atoms with E-state index in [1.165, 1.54) is 0 Å². The molecule has 1 aliphatic heterocycles. The van der Waals surface area contributed by atoms with Crippen LogP contribution in [0.4, 0.5) is 0 Å². The largest absolute Gasteiger partial charge is 0.497 e. The van der Waals surface area contributed by atoms with E-state index in [4.69, 9.17) is 14.2 Å². The maximum absolute atomic E-state index is 14.3. The predicted molar refractivity (Wildman–Crippen MR) is 148 cm³/mol. The normalized spacial score (nSPS) is 17.5. The Bertz CT molecular complexity index is 1520. The summed E-state index contributed by atoms with van der Waals surface area (Å²) in [6.07, 6.45) is 0. The van der Waals surface area contributed by atoms with Gasteiger partial charge in [-0.3, -0.25) is 0 Å². The Labute approximate surface area is 224 Å². The van der Waals surface area contributed by atoms with Gasteiger partial charge in [0.2, 0.25) is 10.0 Å². The highest BCUT2D eigenvalue weighted by atomic mass is 32.2. The van der Waals surface area contributed by atoms with Crippen molar-refractivity contribution in [3.8, 4) is 17.2 Å². The van der Waals surface area contributed by atoms with Crippen molar-refractivity contribution in [2.75, 3.05) is 27.9 Å². The van der Waals surface area contributed by atoms with E-state index >= 15 is 0 Å². The first kappa shape index (κ1) is 25.8. The third-order valence-electron chi connectivity index (χ3n) is 7.17. The molecule has 0 N–H and O–H groups in total. The molecule has 4 aromatic carbocycles. The van der Waals surface area contributed by atoms with Crippen LogP contribution in [-0.2, 0) is 10.0 Å². The fourth-order valence-corrected chi connectivity index (χ4v) is 6.78. The molecule has 0 amide bonds. The second kappa shape index (κ2) is 10.5. The van der Waals surface area contributed by atoms with Crippen LogP contribution in [0, 0.1) is 6.92 Å². The summed E-state index contributed by atoms with van der Waals surface area (Å²) in [7, 11) is 0.930. The molecule has 1 aliphatic rings. The summed E-state index contributed by atoms with van der Waals surface area (Å²) in [5, 5.41) is 0. The van der Waals surface area contributed by atoms with Gasteiger partial charge >= 0.3 is 0 Å². The number of aryl methyl sites for hydroxylation is 1. The predicted octanol–water partition coefficient (Wildman–Crippen LogP) is 5.95. The Balaban J connectivity index is 1.78. The third-order valence-corrected chi connectivity index (χ3v) is 9.02. The molecule has 5 rings (SSSR count). The standard InChI is InChI=1S/C31H31NO5S/c1-21-10-16-25(17-11-21)38(33,34)32-20-28(22-8-6-5-7-9-22)26-18-29(36-3)30(37-4)19-27(26)31(32)23-12-14-24(35-2)15-13-23/h5-19,28,31H,20H2,1-4H3/t28-,31+/m1/s1. The SMILES string of the molecule is COc1ccc([C@H]2c3cc(OC)c(OC)cc3[C@@H](c3ccccc3)CN2S(=O)(=O)c2ccc(C)cc2)cc1. The van der Waals surface area contributed by atoms with E-state index in [1.54, 1.807) is 37.8 Å². The van der Waals surface area contributed by atoms with E-state index < -0.39 is 16.1 Å². The highest BCUT2D eigenvalue weighted by Gasteiger charge is 2.42. The summed E-state index contributed by atoms with van der Waals surface area (Å²) in [6.45, 7) is 2.21. The Morgan fingerprint density at radius 1 is 0.711 bits per heavy atom. The van der Waals surface area contributed by atoms with Gasteiger partial charge in [-0.1, -0.05) is 60.2 Å². The van der Waals surface area contributed by atoms with Crippen molar-refractivity contribution in [3.05, 3.63) is 119 Å². The van der Waals surface area contributed by atoms with Gasteiger partial charge in [-0.15, -0.1) is 0 Å². The molecule has 1 heterocycles. The number of sulfonamides is 1. The van der Waals surface area contributed by atoms with Crippen molar-refractivity contribution in [3.63, 3.8) is 0 Å². The molecular weight excluding hydrogens is 498 g/mol. The quantitative estimate of drug-likeness (QED) is 0.296. The molecule has 4 aromatic rings. The van der Waals surface area contributed by atoms with Gasteiger partial charge in [-0.2, -0.15) is 4.31 Å². The first-order valence-corrected chi connectivity index (χ1v) is 13.8. The number of nitrogens with zero attached hydrogens (tertiary/aromatic N) is 1. The van der Waals surface area contributed by atoms with Gasteiger partial charge in [-0.25, -0.2) is 8.42 Å². The lowest BCUT2D eigenvalue weighted by molar-refractivity contribution is 0.319. The van der Waals surface area contributed by atoms with Crippen LogP contribution in [0.3, 0.4) is 0 Å². The molecule has 6 nitrogen and oxygen atoms in total. The number of hydrogen-bond acceptors (Lipinski definition) is 5. The van der Waals surface area contributed by atoms with Gasteiger partial charge in [0.15, 0.2) is 11.5 Å². The minimum Gasteiger partial charge on any atom is -0.497 e. The molecule has 0 aliphatic carbocycles. The van der Waals surface area contributed by atoms with Gasteiger partial charge in [0.05, 0.1) is 32.3 Å². The van der Waals surface area contributed by atoms with Gasteiger partial charge in [-0.05, 0) is 65.6 Å². The van der Waals surface area contributed by atoms with E-state index in [-0.39, 0.29) is 17.4 Å². The lowest BCUT2D eigenvalue weighted by Crippen LogP contribution is -2.42. The monoisotopic (exact) mass is 529 g/mol. The Kier molecular flexibility index (Phi) is 7.15. The summed E-state index contributed by atoms with van der Waals surface area (Å²) < 4.78 is 46.9. The fraction of sp³-hybridized carbons (Fsp3) is 0.226. The van der Waals surface area contributed by atoms with Crippen LogP contribution in [-0.4, -0.2) is 40.6 Å². The molecule has 7 heteroatoms. The van der Waals surface area contributed by atoms with E-state index in [1.807, 2.05) is 85.8 Å².